The van der Waals surface area contributed by atoms with Crippen molar-refractivity contribution in [1.29, 1.82) is 0 Å². The Labute approximate surface area is 211 Å². The highest BCUT2D eigenvalue weighted by atomic mass is 127. The molecule has 2 aliphatic heterocycles. The summed E-state index contributed by atoms with van der Waals surface area (Å²) in [5.41, 5.74) is 1.98. The van der Waals surface area contributed by atoms with E-state index in [9.17, 15) is 8.78 Å². The molecule has 2 aromatic carbocycles. The van der Waals surface area contributed by atoms with Crippen molar-refractivity contribution in [3.8, 4) is 5.75 Å². The van der Waals surface area contributed by atoms with Gasteiger partial charge in [0, 0.05) is 51.5 Å². The average Bonchev–Trinajstić information content (AvgIpc) is 3.47. The Bertz CT molecular complexity index is 901. The van der Waals surface area contributed by atoms with Gasteiger partial charge in [-0.15, -0.1) is 24.0 Å². The van der Waals surface area contributed by atoms with E-state index in [1.54, 1.807) is 19.2 Å². The summed E-state index contributed by atoms with van der Waals surface area (Å²) >= 11 is 0. The van der Waals surface area contributed by atoms with Crippen LogP contribution in [0.4, 0.5) is 20.2 Å². The summed E-state index contributed by atoms with van der Waals surface area (Å²) in [5, 5.41) is 6.96. The normalized spacial score (nSPS) is 20.7. The molecular formula is C24H32F2IN5O. The highest BCUT2D eigenvalue weighted by molar-refractivity contribution is 14.0. The van der Waals surface area contributed by atoms with Crippen molar-refractivity contribution in [2.24, 2.45) is 10.9 Å². The number of rotatable bonds is 7. The van der Waals surface area contributed by atoms with Crippen molar-refractivity contribution >= 4 is 41.3 Å². The molecular weight excluding hydrogens is 539 g/mol. The van der Waals surface area contributed by atoms with Gasteiger partial charge >= 0.3 is 6.61 Å². The van der Waals surface area contributed by atoms with Gasteiger partial charge in [-0.1, -0.05) is 30.3 Å². The van der Waals surface area contributed by atoms with E-state index in [0.717, 1.165) is 45.0 Å². The predicted octanol–water partition coefficient (Wildman–Crippen LogP) is 4.18. The molecule has 180 valence electrons. The van der Waals surface area contributed by atoms with Gasteiger partial charge in [-0.3, -0.25) is 4.99 Å². The molecule has 2 atom stereocenters. The lowest BCUT2D eigenvalue weighted by Gasteiger charge is -2.23. The monoisotopic (exact) mass is 571 g/mol. The van der Waals surface area contributed by atoms with E-state index in [-0.39, 0.29) is 35.8 Å². The minimum absolute atomic E-state index is 0. The summed E-state index contributed by atoms with van der Waals surface area (Å²) in [5.74, 6) is 1.56. The predicted molar refractivity (Wildman–Crippen MR) is 140 cm³/mol. The van der Waals surface area contributed by atoms with Gasteiger partial charge in [0.15, 0.2) is 5.96 Å². The number of hydrogen-bond donors (Lipinski definition) is 2. The molecule has 33 heavy (non-hydrogen) atoms. The first-order chi connectivity index (χ1) is 15.6. The molecule has 0 amide bonds. The molecule has 0 aromatic heterocycles. The summed E-state index contributed by atoms with van der Waals surface area (Å²) in [7, 11) is 1.78. The van der Waals surface area contributed by atoms with Crippen LogP contribution >= 0.6 is 24.0 Å². The van der Waals surface area contributed by atoms with E-state index in [1.165, 1.54) is 5.69 Å². The number of nitrogens with zero attached hydrogens (tertiary/aromatic N) is 3. The molecule has 2 heterocycles. The summed E-state index contributed by atoms with van der Waals surface area (Å²) in [6.07, 6.45) is 2.05. The molecule has 0 radical (unpaired) electrons. The third-order valence-corrected chi connectivity index (χ3v) is 6.14. The quantitative estimate of drug-likeness (QED) is 0.297. The van der Waals surface area contributed by atoms with Crippen LogP contribution in [0.3, 0.4) is 0 Å². The fourth-order valence-electron chi connectivity index (χ4n) is 4.51. The second-order valence-corrected chi connectivity index (χ2v) is 8.31. The van der Waals surface area contributed by atoms with Gasteiger partial charge in [0.25, 0.3) is 0 Å². The molecule has 2 saturated heterocycles. The van der Waals surface area contributed by atoms with Crippen LogP contribution in [0.25, 0.3) is 0 Å². The second-order valence-electron chi connectivity index (χ2n) is 8.31. The van der Waals surface area contributed by atoms with E-state index in [1.807, 2.05) is 18.2 Å². The number of benzene rings is 2. The molecule has 0 bridgehead atoms. The van der Waals surface area contributed by atoms with Crippen LogP contribution < -0.4 is 25.2 Å². The van der Waals surface area contributed by atoms with Crippen molar-refractivity contribution in [2.45, 2.75) is 25.5 Å². The third kappa shape index (κ3) is 6.84. The van der Waals surface area contributed by atoms with Gasteiger partial charge in [-0.2, -0.15) is 8.78 Å². The highest BCUT2D eigenvalue weighted by Crippen LogP contribution is 2.31. The Morgan fingerprint density at radius 3 is 2.52 bits per heavy atom. The first-order valence-electron chi connectivity index (χ1n) is 11.2. The van der Waals surface area contributed by atoms with Crippen molar-refractivity contribution in [3.05, 3.63) is 54.6 Å². The summed E-state index contributed by atoms with van der Waals surface area (Å²) in [6, 6.07) is 17.7. The van der Waals surface area contributed by atoms with Crippen LogP contribution in [0.1, 0.15) is 12.8 Å². The maximum atomic E-state index is 12.7. The van der Waals surface area contributed by atoms with Gasteiger partial charge < -0.3 is 25.2 Å². The molecule has 0 aliphatic carbocycles. The number of hydrogen-bond acceptors (Lipinski definition) is 4. The summed E-state index contributed by atoms with van der Waals surface area (Å²) in [6.45, 7) is 1.61. The van der Waals surface area contributed by atoms with Crippen LogP contribution in [0.15, 0.2) is 59.6 Å². The van der Waals surface area contributed by atoms with Gasteiger partial charge in [0.1, 0.15) is 5.75 Å². The molecule has 2 aromatic rings. The molecule has 2 unspecified atom stereocenters. The molecule has 2 fully saturated rings. The summed E-state index contributed by atoms with van der Waals surface area (Å²) < 4.78 is 30.2. The lowest BCUT2D eigenvalue weighted by Crippen LogP contribution is -2.46. The number of alkyl halides is 2. The number of ether oxygens (including phenoxy) is 1. The number of anilines is 2. The molecule has 0 saturated carbocycles. The number of guanidine groups is 1. The maximum absolute atomic E-state index is 12.7. The van der Waals surface area contributed by atoms with Crippen molar-refractivity contribution in [1.82, 2.24) is 10.6 Å². The van der Waals surface area contributed by atoms with Crippen LogP contribution in [-0.2, 0) is 0 Å². The van der Waals surface area contributed by atoms with Crippen LogP contribution in [0, 0.1) is 5.92 Å². The number of halogens is 3. The lowest BCUT2D eigenvalue weighted by atomic mass is 10.1. The zero-order valence-electron chi connectivity index (χ0n) is 18.8. The van der Waals surface area contributed by atoms with E-state index in [0.29, 0.717) is 18.2 Å². The van der Waals surface area contributed by atoms with Crippen LogP contribution in [0.2, 0.25) is 0 Å². The Morgan fingerprint density at radius 1 is 1.03 bits per heavy atom. The Kier molecular flexibility index (Phi) is 9.40. The Morgan fingerprint density at radius 2 is 1.76 bits per heavy atom. The molecule has 0 spiro atoms. The van der Waals surface area contributed by atoms with Gasteiger partial charge in [0.2, 0.25) is 0 Å². The largest absolute Gasteiger partial charge is 0.433 e. The maximum Gasteiger partial charge on any atom is 0.387 e. The molecule has 2 N–H and O–H groups in total. The topological polar surface area (TPSA) is 52.1 Å². The molecule has 6 nitrogen and oxygen atoms in total. The van der Waals surface area contributed by atoms with Gasteiger partial charge in [-0.25, -0.2) is 0 Å². The second kappa shape index (κ2) is 12.2. The van der Waals surface area contributed by atoms with E-state index in [4.69, 9.17) is 4.74 Å². The van der Waals surface area contributed by atoms with E-state index < -0.39 is 6.61 Å². The Hall–Kier alpha value is -2.30. The van der Waals surface area contributed by atoms with Gasteiger partial charge in [-0.05, 0) is 43.0 Å². The van der Waals surface area contributed by atoms with Crippen LogP contribution in [0.5, 0.6) is 5.75 Å². The first kappa shape index (κ1) is 25.3. The average molecular weight is 571 g/mol. The van der Waals surface area contributed by atoms with E-state index in [2.05, 4.69) is 49.7 Å². The minimum atomic E-state index is -2.83. The SMILES string of the molecule is CN=C(NCC1CCN(c2ccccc2)C1)NC1CCN(c2ccccc2OC(F)F)C1.I. The number of nitrogens with one attached hydrogen (secondary N) is 2. The highest BCUT2D eigenvalue weighted by Gasteiger charge is 2.27. The van der Waals surface area contributed by atoms with Crippen molar-refractivity contribution in [3.63, 3.8) is 0 Å². The Balaban J connectivity index is 0.00000306. The van der Waals surface area contributed by atoms with Crippen LogP contribution in [-0.4, -0.2) is 58.4 Å². The smallest absolute Gasteiger partial charge is 0.387 e. The molecule has 4 rings (SSSR count). The zero-order chi connectivity index (χ0) is 22.3. The van der Waals surface area contributed by atoms with Crippen molar-refractivity contribution < 1.29 is 13.5 Å². The zero-order valence-corrected chi connectivity index (χ0v) is 21.1. The molecule has 2 aliphatic rings. The minimum Gasteiger partial charge on any atom is -0.433 e. The standard InChI is InChI=1S/C24H31F2N5O.HI/c1-27-24(28-15-18-11-13-30(16-18)20-7-3-2-4-8-20)29-19-12-14-31(17-19)21-9-5-6-10-22(21)32-23(25)26;/h2-10,18-19,23H,11-17H2,1H3,(H2,27,28,29);1H. The fourth-order valence-corrected chi connectivity index (χ4v) is 4.51. The first-order valence-corrected chi connectivity index (χ1v) is 11.2. The molecule has 9 heteroatoms. The number of para-hydroxylation sites is 3. The third-order valence-electron chi connectivity index (χ3n) is 6.14. The van der Waals surface area contributed by atoms with Crippen molar-refractivity contribution in [2.75, 3.05) is 49.6 Å². The van der Waals surface area contributed by atoms with E-state index >= 15 is 0 Å². The fraction of sp³-hybridized carbons (Fsp3) is 0.458. The summed E-state index contributed by atoms with van der Waals surface area (Å²) in [4.78, 5) is 8.89. The lowest BCUT2D eigenvalue weighted by molar-refractivity contribution is -0.0495. The number of aliphatic imine (C=N–C) groups is 1. The van der Waals surface area contributed by atoms with Gasteiger partial charge in [0.05, 0.1) is 5.69 Å².